The van der Waals surface area contributed by atoms with Crippen molar-refractivity contribution in [2.24, 2.45) is 0 Å². The first kappa shape index (κ1) is 10.9. The fourth-order valence-electron chi connectivity index (χ4n) is 0.830. The van der Waals surface area contributed by atoms with Crippen LogP contribution in [-0.4, -0.2) is 35.8 Å². The molecule has 0 saturated heterocycles. The van der Waals surface area contributed by atoms with Gasteiger partial charge in [0, 0.05) is 19.2 Å². The number of carbonyl (C=O) groups excluding carboxylic acids is 4. The van der Waals surface area contributed by atoms with Crippen molar-refractivity contribution in [2.75, 3.05) is 7.05 Å². The van der Waals surface area contributed by atoms with Crippen LogP contribution in [0.25, 0.3) is 0 Å². The van der Waals surface area contributed by atoms with E-state index in [1.807, 2.05) is 0 Å². The largest absolute Gasteiger partial charge is 0.359 e. The van der Waals surface area contributed by atoms with Gasteiger partial charge in [-0.1, -0.05) is 5.06 Å². The van der Waals surface area contributed by atoms with E-state index in [-0.39, 0.29) is 0 Å². The van der Waals surface area contributed by atoms with Crippen molar-refractivity contribution in [3.05, 3.63) is 12.2 Å². The van der Waals surface area contributed by atoms with Crippen LogP contribution in [0, 0.1) is 0 Å². The Labute approximate surface area is 84.6 Å². The van der Waals surface area contributed by atoms with E-state index in [1.54, 1.807) is 0 Å². The van der Waals surface area contributed by atoms with E-state index in [1.165, 1.54) is 7.05 Å². The molecule has 0 spiro atoms. The summed E-state index contributed by atoms with van der Waals surface area (Å²) >= 11 is 0. The number of amides is 3. The van der Waals surface area contributed by atoms with E-state index in [9.17, 15) is 19.2 Å². The molecule has 0 unspecified atom stereocenters. The molecule has 0 aliphatic carbocycles. The number of nitrogens with one attached hydrogen (secondary N) is 1. The Bertz CT molecular complexity index is 342. The third-order valence-electron chi connectivity index (χ3n) is 1.55. The molecule has 0 fully saturated rings. The van der Waals surface area contributed by atoms with E-state index in [4.69, 9.17) is 0 Å². The summed E-state index contributed by atoms with van der Waals surface area (Å²) in [7, 11) is 1.35. The highest BCUT2D eigenvalue weighted by Gasteiger charge is 2.28. The minimum atomic E-state index is -0.972. The second-order valence-corrected chi connectivity index (χ2v) is 2.62. The first-order valence-electron chi connectivity index (χ1n) is 4.02. The van der Waals surface area contributed by atoms with Gasteiger partial charge in [0.2, 0.25) is 5.91 Å². The molecule has 3 amide bonds. The van der Waals surface area contributed by atoms with Crippen LogP contribution in [0.3, 0.4) is 0 Å². The van der Waals surface area contributed by atoms with Crippen LogP contribution in [0.1, 0.15) is 6.42 Å². The molecule has 0 saturated carbocycles. The average molecular weight is 212 g/mol. The lowest BCUT2D eigenvalue weighted by molar-refractivity contribution is -0.196. The summed E-state index contributed by atoms with van der Waals surface area (Å²) in [5.74, 6) is -3.03. The second kappa shape index (κ2) is 4.36. The topological polar surface area (TPSA) is 92.8 Å². The minimum absolute atomic E-state index is 0.297. The number of hydroxylamine groups is 2. The third-order valence-corrected chi connectivity index (χ3v) is 1.55. The molecule has 15 heavy (non-hydrogen) atoms. The zero-order chi connectivity index (χ0) is 11.4. The Morgan fingerprint density at radius 3 is 2.33 bits per heavy atom. The van der Waals surface area contributed by atoms with Crippen LogP contribution >= 0.6 is 0 Å². The molecule has 0 aromatic carbocycles. The fraction of sp³-hybridized carbons (Fsp3) is 0.250. The zero-order valence-electron chi connectivity index (χ0n) is 7.85. The van der Waals surface area contributed by atoms with Crippen molar-refractivity contribution in [3.63, 3.8) is 0 Å². The lowest BCUT2D eigenvalue weighted by Crippen LogP contribution is -2.34. The van der Waals surface area contributed by atoms with Crippen LogP contribution in [0.2, 0.25) is 0 Å². The SMILES string of the molecule is CNC(=O)CC(=O)ON1C(=O)C=CC1=O. The van der Waals surface area contributed by atoms with Crippen LogP contribution < -0.4 is 5.32 Å². The number of rotatable bonds is 3. The van der Waals surface area contributed by atoms with Crippen molar-refractivity contribution < 1.29 is 24.0 Å². The van der Waals surface area contributed by atoms with Crippen LogP contribution in [0.15, 0.2) is 12.2 Å². The second-order valence-electron chi connectivity index (χ2n) is 2.62. The number of imide groups is 1. The first-order chi connectivity index (χ1) is 7.04. The molecular formula is C8H8N2O5. The summed E-state index contributed by atoms with van der Waals surface area (Å²) < 4.78 is 0. The highest BCUT2D eigenvalue weighted by molar-refractivity contribution is 6.12. The Morgan fingerprint density at radius 2 is 1.87 bits per heavy atom. The van der Waals surface area contributed by atoms with Crippen molar-refractivity contribution in [1.29, 1.82) is 0 Å². The molecule has 1 N–H and O–H groups in total. The number of hydrogen-bond donors (Lipinski definition) is 1. The number of carbonyl (C=O) groups is 4. The van der Waals surface area contributed by atoms with Gasteiger partial charge in [0.05, 0.1) is 0 Å². The predicted molar refractivity (Wildman–Crippen MR) is 45.8 cm³/mol. The van der Waals surface area contributed by atoms with Gasteiger partial charge in [-0.2, -0.15) is 0 Å². The quantitative estimate of drug-likeness (QED) is 0.454. The highest BCUT2D eigenvalue weighted by atomic mass is 16.7. The molecule has 80 valence electrons. The normalized spacial score (nSPS) is 14.3. The molecule has 0 bridgehead atoms. The number of hydrogen-bond acceptors (Lipinski definition) is 5. The summed E-state index contributed by atoms with van der Waals surface area (Å²) in [6.07, 6.45) is 1.39. The molecule has 1 aliphatic heterocycles. The van der Waals surface area contributed by atoms with Crippen LogP contribution in [0.4, 0.5) is 0 Å². The van der Waals surface area contributed by atoms with Crippen LogP contribution in [0.5, 0.6) is 0 Å². The standard InChI is InChI=1S/C8H8N2O5/c1-9-5(11)4-8(14)15-10-6(12)2-3-7(10)13/h2-3H,4H2,1H3,(H,9,11). The van der Waals surface area contributed by atoms with Gasteiger partial charge in [-0.25, -0.2) is 4.79 Å². The summed E-state index contributed by atoms with van der Waals surface area (Å²) in [6.45, 7) is 0. The summed E-state index contributed by atoms with van der Waals surface area (Å²) in [6, 6.07) is 0. The van der Waals surface area contributed by atoms with E-state index in [2.05, 4.69) is 10.2 Å². The van der Waals surface area contributed by atoms with E-state index in [0.29, 0.717) is 5.06 Å². The molecule has 1 heterocycles. The smallest absolute Gasteiger partial charge is 0.342 e. The zero-order valence-corrected chi connectivity index (χ0v) is 7.85. The van der Waals surface area contributed by atoms with Crippen molar-refractivity contribution >= 4 is 23.7 Å². The summed E-state index contributed by atoms with van der Waals surface area (Å²) in [5, 5.41) is 2.50. The molecule has 0 aromatic rings. The number of nitrogens with zero attached hydrogens (tertiary/aromatic N) is 1. The maximum Gasteiger partial charge on any atom is 0.342 e. The Hall–Kier alpha value is -2.18. The lowest BCUT2D eigenvalue weighted by atomic mass is 10.4. The molecular weight excluding hydrogens is 204 g/mol. The Balaban J connectivity index is 2.49. The molecule has 0 atom stereocenters. The minimum Gasteiger partial charge on any atom is -0.359 e. The van der Waals surface area contributed by atoms with Gasteiger partial charge in [0.15, 0.2) is 0 Å². The molecule has 1 rings (SSSR count). The molecule has 7 heteroatoms. The summed E-state index contributed by atoms with van der Waals surface area (Å²) in [4.78, 5) is 48.0. The van der Waals surface area contributed by atoms with Crippen molar-refractivity contribution in [1.82, 2.24) is 10.4 Å². The first-order valence-corrected chi connectivity index (χ1v) is 4.02. The maximum absolute atomic E-state index is 11.0. The van der Waals surface area contributed by atoms with Crippen LogP contribution in [-0.2, 0) is 24.0 Å². The van der Waals surface area contributed by atoms with Gasteiger partial charge < -0.3 is 10.2 Å². The third kappa shape index (κ3) is 2.63. The van der Waals surface area contributed by atoms with E-state index < -0.39 is 30.1 Å². The molecule has 0 radical (unpaired) electrons. The summed E-state index contributed by atoms with van der Waals surface area (Å²) in [5.41, 5.74) is 0. The van der Waals surface area contributed by atoms with Gasteiger partial charge in [-0.15, -0.1) is 0 Å². The lowest BCUT2D eigenvalue weighted by Gasteiger charge is -2.11. The van der Waals surface area contributed by atoms with Gasteiger partial charge in [0.25, 0.3) is 11.8 Å². The van der Waals surface area contributed by atoms with Gasteiger partial charge >= 0.3 is 5.97 Å². The van der Waals surface area contributed by atoms with E-state index >= 15 is 0 Å². The highest BCUT2D eigenvalue weighted by Crippen LogP contribution is 2.05. The van der Waals surface area contributed by atoms with Gasteiger partial charge in [0.1, 0.15) is 6.42 Å². The van der Waals surface area contributed by atoms with Crippen molar-refractivity contribution in [2.45, 2.75) is 6.42 Å². The molecule has 7 nitrogen and oxygen atoms in total. The van der Waals surface area contributed by atoms with Gasteiger partial charge in [-0.3, -0.25) is 14.4 Å². The Kier molecular flexibility index (Phi) is 3.17. The monoisotopic (exact) mass is 212 g/mol. The average Bonchev–Trinajstić information content (AvgIpc) is 2.49. The van der Waals surface area contributed by atoms with Gasteiger partial charge in [-0.05, 0) is 0 Å². The predicted octanol–water partition coefficient (Wildman–Crippen LogP) is -1.49. The maximum atomic E-state index is 11.0. The Morgan fingerprint density at radius 1 is 1.33 bits per heavy atom. The van der Waals surface area contributed by atoms with E-state index in [0.717, 1.165) is 12.2 Å². The molecule has 1 aliphatic rings. The fourth-order valence-corrected chi connectivity index (χ4v) is 0.830. The van der Waals surface area contributed by atoms with Crippen molar-refractivity contribution in [3.8, 4) is 0 Å². The molecule has 0 aromatic heterocycles.